The second-order valence-corrected chi connectivity index (χ2v) is 4.92. The molecule has 1 unspecified atom stereocenters. The summed E-state index contributed by atoms with van der Waals surface area (Å²) in [5.41, 5.74) is -0.209. The summed E-state index contributed by atoms with van der Waals surface area (Å²) in [6, 6.07) is 1.27. The van der Waals surface area contributed by atoms with Crippen LogP contribution in [-0.2, 0) is 9.53 Å². The predicted molar refractivity (Wildman–Crippen MR) is 71.3 cm³/mol. The van der Waals surface area contributed by atoms with Gasteiger partial charge in [0.2, 0.25) is 0 Å². The number of aliphatic hydroxyl groups excluding tert-OH is 1. The van der Waals surface area contributed by atoms with Gasteiger partial charge in [-0.2, -0.15) is 0 Å². The van der Waals surface area contributed by atoms with Crippen molar-refractivity contribution in [2.75, 3.05) is 19.8 Å². The standard InChI is InChI=1S/C13H14BrFO5/c1-2-18-13(17)11(16)7-6-8-12(9(14)10(7)15)20-5-3-4-19-8/h6,11,16H,2-5H2,1H3. The van der Waals surface area contributed by atoms with E-state index in [1.165, 1.54) is 6.07 Å². The van der Waals surface area contributed by atoms with Gasteiger partial charge in [-0.3, -0.25) is 0 Å². The zero-order valence-electron chi connectivity index (χ0n) is 10.8. The molecule has 0 amide bonds. The molecular weight excluding hydrogens is 335 g/mol. The van der Waals surface area contributed by atoms with Crippen LogP contribution in [-0.4, -0.2) is 30.9 Å². The SMILES string of the molecule is CCOC(=O)C(O)c1cc2c(c(Br)c1F)OCCCO2. The van der Waals surface area contributed by atoms with Gasteiger partial charge in [-0.05, 0) is 28.9 Å². The van der Waals surface area contributed by atoms with Gasteiger partial charge >= 0.3 is 5.97 Å². The molecular formula is C13H14BrFO5. The lowest BCUT2D eigenvalue weighted by Gasteiger charge is -2.16. The Hall–Kier alpha value is -1.34. The number of benzene rings is 1. The average molecular weight is 349 g/mol. The van der Waals surface area contributed by atoms with Crippen molar-refractivity contribution in [3.63, 3.8) is 0 Å². The highest BCUT2D eigenvalue weighted by Gasteiger charge is 2.28. The summed E-state index contributed by atoms with van der Waals surface area (Å²) in [5.74, 6) is -1.16. The molecule has 1 N–H and O–H groups in total. The quantitative estimate of drug-likeness (QED) is 0.849. The van der Waals surface area contributed by atoms with Crippen molar-refractivity contribution in [2.24, 2.45) is 0 Å². The highest BCUT2D eigenvalue weighted by molar-refractivity contribution is 9.10. The van der Waals surface area contributed by atoms with Crippen molar-refractivity contribution in [3.8, 4) is 11.5 Å². The van der Waals surface area contributed by atoms with Gasteiger partial charge in [0.05, 0.1) is 24.3 Å². The molecule has 0 aromatic heterocycles. The molecule has 1 aliphatic rings. The second kappa shape index (κ2) is 6.41. The maximum Gasteiger partial charge on any atom is 0.339 e. The molecule has 7 heteroatoms. The van der Waals surface area contributed by atoms with E-state index in [1.807, 2.05) is 0 Å². The van der Waals surface area contributed by atoms with Gasteiger partial charge in [0, 0.05) is 12.0 Å². The minimum absolute atomic E-state index is 0.0234. The number of hydrogen-bond donors (Lipinski definition) is 1. The van der Waals surface area contributed by atoms with E-state index in [-0.39, 0.29) is 28.1 Å². The fraction of sp³-hybridized carbons (Fsp3) is 0.462. The Kier molecular flexibility index (Phi) is 4.82. The zero-order chi connectivity index (χ0) is 14.7. The molecule has 110 valence electrons. The third-order valence-electron chi connectivity index (χ3n) is 2.75. The number of halogens is 2. The summed E-state index contributed by atoms with van der Waals surface area (Å²) in [4.78, 5) is 11.5. The van der Waals surface area contributed by atoms with E-state index in [0.29, 0.717) is 19.6 Å². The molecule has 0 aliphatic carbocycles. The molecule has 0 spiro atoms. The highest BCUT2D eigenvalue weighted by Crippen LogP contribution is 2.42. The molecule has 2 rings (SSSR count). The van der Waals surface area contributed by atoms with Crippen LogP contribution in [0.1, 0.15) is 25.0 Å². The van der Waals surface area contributed by atoms with Crippen LogP contribution < -0.4 is 9.47 Å². The maximum atomic E-state index is 14.2. The molecule has 1 aromatic carbocycles. The molecule has 5 nitrogen and oxygen atoms in total. The Balaban J connectivity index is 2.42. The zero-order valence-corrected chi connectivity index (χ0v) is 12.4. The Labute approximate surface area is 123 Å². The summed E-state index contributed by atoms with van der Waals surface area (Å²) in [5, 5.41) is 9.87. The van der Waals surface area contributed by atoms with Gasteiger partial charge in [-0.25, -0.2) is 9.18 Å². The second-order valence-electron chi connectivity index (χ2n) is 4.13. The Bertz CT molecular complexity index is 520. The number of fused-ring (bicyclic) bond motifs is 1. The van der Waals surface area contributed by atoms with Crippen LogP contribution in [0.2, 0.25) is 0 Å². The summed E-state index contributed by atoms with van der Waals surface area (Å²) >= 11 is 3.06. The van der Waals surface area contributed by atoms with E-state index >= 15 is 0 Å². The average Bonchev–Trinajstić information content (AvgIpc) is 2.67. The van der Waals surface area contributed by atoms with Crippen LogP contribution in [0, 0.1) is 5.82 Å². The minimum Gasteiger partial charge on any atom is -0.490 e. The van der Waals surface area contributed by atoms with Gasteiger partial charge in [0.15, 0.2) is 17.6 Å². The number of carbonyl (C=O) groups excluding carboxylic acids is 1. The smallest absolute Gasteiger partial charge is 0.339 e. The van der Waals surface area contributed by atoms with Crippen LogP contribution in [0.4, 0.5) is 4.39 Å². The van der Waals surface area contributed by atoms with Gasteiger partial charge in [0.25, 0.3) is 0 Å². The summed E-state index contributed by atoms with van der Waals surface area (Å²) in [7, 11) is 0. The summed E-state index contributed by atoms with van der Waals surface area (Å²) in [6.07, 6.45) is -1.04. The molecule has 0 saturated heterocycles. The van der Waals surface area contributed by atoms with Crippen molar-refractivity contribution >= 4 is 21.9 Å². The van der Waals surface area contributed by atoms with Gasteiger partial charge in [0.1, 0.15) is 5.82 Å². The lowest BCUT2D eigenvalue weighted by atomic mass is 10.1. The van der Waals surface area contributed by atoms with E-state index in [9.17, 15) is 14.3 Å². The fourth-order valence-electron chi connectivity index (χ4n) is 1.81. The van der Waals surface area contributed by atoms with E-state index in [2.05, 4.69) is 20.7 Å². The Morgan fingerprint density at radius 2 is 2.25 bits per heavy atom. The lowest BCUT2D eigenvalue weighted by Crippen LogP contribution is -2.17. The summed E-state index contributed by atoms with van der Waals surface area (Å²) < 4.78 is 29.7. The van der Waals surface area contributed by atoms with Crippen molar-refractivity contribution in [1.29, 1.82) is 0 Å². The highest BCUT2D eigenvalue weighted by atomic mass is 79.9. The van der Waals surface area contributed by atoms with E-state index < -0.39 is 17.9 Å². The first-order valence-corrected chi connectivity index (χ1v) is 6.97. The third kappa shape index (κ3) is 2.88. The van der Waals surface area contributed by atoms with Crippen LogP contribution in [0.15, 0.2) is 10.5 Å². The molecule has 0 saturated carbocycles. The Morgan fingerprint density at radius 3 is 2.95 bits per heavy atom. The number of ether oxygens (including phenoxy) is 3. The lowest BCUT2D eigenvalue weighted by molar-refractivity contribution is -0.153. The number of aliphatic hydroxyl groups is 1. The van der Waals surface area contributed by atoms with Crippen molar-refractivity contribution in [2.45, 2.75) is 19.4 Å². The van der Waals surface area contributed by atoms with Crippen molar-refractivity contribution in [3.05, 3.63) is 21.9 Å². The molecule has 1 aromatic rings. The number of carbonyl (C=O) groups is 1. The topological polar surface area (TPSA) is 65.0 Å². The first-order valence-electron chi connectivity index (χ1n) is 6.18. The first kappa shape index (κ1) is 15.1. The van der Waals surface area contributed by atoms with Crippen LogP contribution >= 0.6 is 15.9 Å². The van der Waals surface area contributed by atoms with Crippen LogP contribution in [0.25, 0.3) is 0 Å². The van der Waals surface area contributed by atoms with Gasteiger partial charge in [-0.15, -0.1) is 0 Å². The van der Waals surface area contributed by atoms with Crippen molar-refractivity contribution in [1.82, 2.24) is 0 Å². The first-order chi connectivity index (χ1) is 9.56. The molecule has 1 aliphatic heterocycles. The molecule has 0 radical (unpaired) electrons. The monoisotopic (exact) mass is 348 g/mol. The molecule has 0 fully saturated rings. The van der Waals surface area contributed by atoms with Crippen molar-refractivity contribution < 1.29 is 28.5 Å². The van der Waals surface area contributed by atoms with Crippen LogP contribution in [0.5, 0.6) is 11.5 Å². The van der Waals surface area contributed by atoms with Gasteiger partial charge < -0.3 is 19.3 Å². The number of esters is 1. The maximum absolute atomic E-state index is 14.2. The molecule has 1 heterocycles. The fourth-order valence-corrected chi connectivity index (χ4v) is 2.35. The predicted octanol–water partition coefficient (Wildman–Crippen LogP) is 2.35. The Morgan fingerprint density at radius 1 is 1.55 bits per heavy atom. The van der Waals surface area contributed by atoms with Crippen LogP contribution in [0.3, 0.4) is 0 Å². The van der Waals surface area contributed by atoms with Gasteiger partial charge in [-0.1, -0.05) is 0 Å². The molecule has 1 atom stereocenters. The third-order valence-corrected chi connectivity index (χ3v) is 3.46. The van der Waals surface area contributed by atoms with E-state index in [0.717, 1.165) is 0 Å². The number of hydrogen-bond acceptors (Lipinski definition) is 5. The normalized spacial score (nSPS) is 15.4. The summed E-state index contributed by atoms with van der Waals surface area (Å²) in [6.45, 7) is 2.53. The largest absolute Gasteiger partial charge is 0.490 e. The molecule has 0 bridgehead atoms. The van der Waals surface area contributed by atoms with E-state index in [4.69, 9.17) is 9.47 Å². The molecule has 20 heavy (non-hydrogen) atoms. The van der Waals surface area contributed by atoms with E-state index in [1.54, 1.807) is 6.92 Å². The number of rotatable bonds is 3. The minimum atomic E-state index is -1.71.